The van der Waals surface area contributed by atoms with Crippen molar-refractivity contribution >= 4 is 54.8 Å². The fraction of sp³-hybridized carbons (Fsp3) is 0. The molecule has 3 rings (SSSR count). The van der Waals surface area contributed by atoms with Crippen LogP contribution in [0.3, 0.4) is 0 Å². The maximum Gasteiger partial charge on any atom is 0.261 e. The van der Waals surface area contributed by atoms with E-state index in [9.17, 15) is 13.5 Å². The Bertz CT molecular complexity index is 1100. The SMILES string of the molecule is O=S(=O)(Nc1ccccc1C([O-])=Nc1ccccc1Cl)c1ccc(Br)cc1. The molecule has 0 bridgehead atoms. The summed E-state index contributed by atoms with van der Waals surface area (Å²) in [6, 6.07) is 19.1. The molecule has 0 aliphatic carbocycles. The highest BCUT2D eigenvalue weighted by molar-refractivity contribution is 9.10. The molecule has 0 fully saturated rings. The molecule has 0 saturated heterocycles. The lowest BCUT2D eigenvalue weighted by molar-refractivity contribution is -0.212. The average molecular weight is 465 g/mol. The van der Waals surface area contributed by atoms with Crippen LogP contribution >= 0.6 is 27.5 Å². The predicted octanol–water partition coefficient (Wildman–Crippen LogP) is 4.34. The summed E-state index contributed by atoms with van der Waals surface area (Å²) in [6.45, 7) is 0. The zero-order valence-corrected chi connectivity index (χ0v) is 16.9. The molecule has 5 nitrogen and oxygen atoms in total. The van der Waals surface area contributed by atoms with Gasteiger partial charge in [0.25, 0.3) is 10.0 Å². The Morgan fingerprint density at radius 1 is 0.963 bits per heavy atom. The minimum absolute atomic E-state index is 0.0796. The van der Waals surface area contributed by atoms with Gasteiger partial charge in [-0.1, -0.05) is 57.9 Å². The van der Waals surface area contributed by atoms with Gasteiger partial charge in [-0.05, 0) is 48.4 Å². The molecule has 0 aliphatic heterocycles. The number of sulfonamides is 1. The van der Waals surface area contributed by atoms with E-state index in [0.29, 0.717) is 10.7 Å². The van der Waals surface area contributed by atoms with Gasteiger partial charge in [0.15, 0.2) is 0 Å². The van der Waals surface area contributed by atoms with E-state index in [-0.39, 0.29) is 16.1 Å². The molecule has 0 aliphatic rings. The van der Waals surface area contributed by atoms with Crippen molar-refractivity contribution in [3.8, 4) is 0 Å². The van der Waals surface area contributed by atoms with Crippen LogP contribution in [0.1, 0.15) is 5.56 Å². The van der Waals surface area contributed by atoms with Crippen LogP contribution in [-0.2, 0) is 10.0 Å². The summed E-state index contributed by atoms with van der Waals surface area (Å²) in [5.41, 5.74) is 0.578. The van der Waals surface area contributed by atoms with Crippen molar-refractivity contribution in [2.75, 3.05) is 4.72 Å². The molecule has 0 spiro atoms. The largest absolute Gasteiger partial charge is 0.858 e. The zero-order chi connectivity index (χ0) is 19.4. The lowest BCUT2D eigenvalue weighted by Gasteiger charge is -2.17. The molecule has 3 aromatic carbocycles. The van der Waals surface area contributed by atoms with Gasteiger partial charge in [-0.15, -0.1) is 0 Å². The number of hydrogen-bond acceptors (Lipinski definition) is 4. The first-order valence-corrected chi connectivity index (χ1v) is 10.4. The Labute approximate surface area is 170 Å². The number of nitrogens with zero attached hydrogens (tertiary/aromatic N) is 1. The molecule has 0 radical (unpaired) electrons. The van der Waals surface area contributed by atoms with Gasteiger partial charge in [-0.3, -0.25) is 9.71 Å². The van der Waals surface area contributed by atoms with Gasteiger partial charge in [0, 0.05) is 10.0 Å². The molecule has 0 atom stereocenters. The first-order valence-electron chi connectivity index (χ1n) is 7.75. The fourth-order valence-corrected chi connectivity index (χ4v) is 3.81. The Hall–Kier alpha value is -2.35. The molecule has 138 valence electrons. The fourth-order valence-electron chi connectivity index (χ4n) is 2.29. The molecule has 0 heterocycles. The second kappa shape index (κ2) is 8.12. The standard InChI is InChI=1S/C19H14BrClN2O3S/c20-13-9-11-14(12-10-13)27(25,26)23-17-7-3-1-5-15(17)19(24)22-18-8-4-2-6-16(18)21/h1-12,23H,(H,22,24)/p-1. The van der Waals surface area contributed by atoms with Crippen molar-refractivity contribution < 1.29 is 13.5 Å². The zero-order valence-electron chi connectivity index (χ0n) is 13.8. The number of anilines is 1. The molecular formula is C19H13BrClN2O3S-. The second-order valence-electron chi connectivity index (χ2n) is 5.47. The maximum absolute atomic E-state index is 12.6. The van der Waals surface area contributed by atoms with Crippen LogP contribution in [0.25, 0.3) is 0 Å². The molecule has 0 aromatic heterocycles. The Kier molecular flexibility index (Phi) is 5.84. The van der Waals surface area contributed by atoms with Crippen LogP contribution < -0.4 is 9.83 Å². The normalized spacial score (nSPS) is 12.0. The van der Waals surface area contributed by atoms with Gasteiger partial charge in [-0.25, -0.2) is 8.42 Å². The monoisotopic (exact) mass is 463 g/mol. The van der Waals surface area contributed by atoms with E-state index < -0.39 is 15.9 Å². The number of aliphatic imine (C=N–C) groups is 1. The highest BCUT2D eigenvalue weighted by Gasteiger charge is 2.16. The Morgan fingerprint density at radius 2 is 1.59 bits per heavy atom. The van der Waals surface area contributed by atoms with Gasteiger partial charge in [0.1, 0.15) is 0 Å². The maximum atomic E-state index is 12.6. The van der Waals surface area contributed by atoms with E-state index in [1.54, 1.807) is 48.5 Å². The van der Waals surface area contributed by atoms with E-state index in [1.165, 1.54) is 24.3 Å². The minimum Gasteiger partial charge on any atom is -0.858 e. The number of benzene rings is 3. The van der Waals surface area contributed by atoms with Crippen LogP contribution in [-0.4, -0.2) is 14.3 Å². The van der Waals surface area contributed by atoms with E-state index in [4.69, 9.17) is 11.6 Å². The number of halogens is 2. The van der Waals surface area contributed by atoms with Crippen LogP contribution in [0.15, 0.2) is 87.2 Å². The van der Waals surface area contributed by atoms with Gasteiger partial charge in [-0.2, -0.15) is 0 Å². The number of nitrogens with one attached hydrogen (secondary N) is 1. The number of rotatable bonds is 5. The minimum atomic E-state index is -3.86. The van der Waals surface area contributed by atoms with E-state index in [2.05, 4.69) is 25.6 Å². The van der Waals surface area contributed by atoms with Crippen molar-refractivity contribution in [3.05, 3.63) is 87.9 Å². The molecule has 0 unspecified atom stereocenters. The summed E-state index contributed by atoms with van der Waals surface area (Å²) in [6.07, 6.45) is 0. The van der Waals surface area contributed by atoms with Crippen molar-refractivity contribution in [1.82, 2.24) is 0 Å². The van der Waals surface area contributed by atoms with Crippen LogP contribution in [0.4, 0.5) is 11.4 Å². The van der Waals surface area contributed by atoms with Crippen LogP contribution in [0.2, 0.25) is 5.02 Å². The van der Waals surface area contributed by atoms with Crippen molar-refractivity contribution in [3.63, 3.8) is 0 Å². The molecule has 1 N–H and O–H groups in total. The molecule has 0 saturated carbocycles. The molecule has 27 heavy (non-hydrogen) atoms. The Balaban J connectivity index is 1.97. The molecule has 0 amide bonds. The van der Waals surface area contributed by atoms with Crippen molar-refractivity contribution in [1.29, 1.82) is 0 Å². The summed E-state index contributed by atoms with van der Waals surface area (Å²) in [7, 11) is -3.86. The number of hydrogen-bond donors (Lipinski definition) is 1. The first kappa shape index (κ1) is 19.4. The lowest BCUT2D eigenvalue weighted by Crippen LogP contribution is -2.22. The lowest BCUT2D eigenvalue weighted by atomic mass is 10.2. The van der Waals surface area contributed by atoms with Gasteiger partial charge in [0.05, 0.1) is 21.3 Å². The van der Waals surface area contributed by atoms with Gasteiger partial charge < -0.3 is 5.11 Å². The van der Waals surface area contributed by atoms with E-state index in [0.717, 1.165) is 4.47 Å². The first-order chi connectivity index (χ1) is 12.9. The average Bonchev–Trinajstić information content (AvgIpc) is 2.64. The van der Waals surface area contributed by atoms with Gasteiger partial charge >= 0.3 is 0 Å². The molecule has 3 aromatic rings. The van der Waals surface area contributed by atoms with E-state index in [1.807, 2.05) is 0 Å². The van der Waals surface area contributed by atoms with E-state index >= 15 is 0 Å². The summed E-state index contributed by atoms with van der Waals surface area (Å²) in [5, 5.41) is 12.9. The summed E-state index contributed by atoms with van der Waals surface area (Å²) < 4.78 is 28.4. The smallest absolute Gasteiger partial charge is 0.261 e. The highest BCUT2D eigenvalue weighted by Crippen LogP contribution is 2.26. The summed E-state index contributed by atoms with van der Waals surface area (Å²) in [5.74, 6) is -0.600. The predicted molar refractivity (Wildman–Crippen MR) is 109 cm³/mol. The van der Waals surface area contributed by atoms with Crippen molar-refractivity contribution in [2.45, 2.75) is 4.90 Å². The second-order valence-corrected chi connectivity index (χ2v) is 8.48. The highest BCUT2D eigenvalue weighted by atomic mass is 79.9. The molecular weight excluding hydrogens is 452 g/mol. The topological polar surface area (TPSA) is 81.6 Å². The number of para-hydroxylation sites is 2. The van der Waals surface area contributed by atoms with Crippen LogP contribution in [0, 0.1) is 0 Å². The third-order valence-corrected chi connectivity index (χ3v) is 5.83. The summed E-state index contributed by atoms with van der Waals surface area (Å²) >= 11 is 9.30. The third kappa shape index (κ3) is 4.68. The quantitative estimate of drug-likeness (QED) is 0.450. The van der Waals surface area contributed by atoms with Gasteiger partial charge in [0.2, 0.25) is 0 Å². The summed E-state index contributed by atoms with van der Waals surface area (Å²) in [4.78, 5) is 4.07. The molecule has 8 heteroatoms. The third-order valence-electron chi connectivity index (χ3n) is 3.60. The van der Waals surface area contributed by atoms with Crippen LogP contribution in [0.5, 0.6) is 0 Å². The van der Waals surface area contributed by atoms with Crippen molar-refractivity contribution in [2.24, 2.45) is 4.99 Å². The Morgan fingerprint density at radius 3 is 2.30 bits per heavy atom.